The molecule has 2 aliphatic rings. The lowest BCUT2D eigenvalue weighted by molar-refractivity contribution is -0.128. The van der Waals surface area contributed by atoms with Crippen LogP contribution in [-0.4, -0.2) is 53.3 Å². The van der Waals surface area contributed by atoms with Crippen LogP contribution in [0.15, 0.2) is 39.5 Å². The summed E-state index contributed by atoms with van der Waals surface area (Å²) in [5.41, 5.74) is 0.0610. The Bertz CT molecular complexity index is 913. The number of para-hydroxylation sites is 1. The zero-order valence-electron chi connectivity index (χ0n) is 12.5. The van der Waals surface area contributed by atoms with Gasteiger partial charge in [0.2, 0.25) is 5.91 Å². The molecule has 0 aliphatic carbocycles. The van der Waals surface area contributed by atoms with E-state index in [0.717, 1.165) is 4.90 Å². The molecule has 0 bridgehead atoms. The molecule has 0 radical (unpaired) electrons. The van der Waals surface area contributed by atoms with E-state index in [1.165, 1.54) is 11.0 Å². The largest absolute Gasteiger partial charge is 0.451 e. The zero-order valence-corrected chi connectivity index (χ0v) is 12.5. The first-order valence-electron chi connectivity index (χ1n) is 7.46. The van der Waals surface area contributed by atoms with Crippen LogP contribution in [0, 0.1) is 0 Å². The van der Waals surface area contributed by atoms with Crippen molar-refractivity contribution in [2.45, 2.75) is 6.04 Å². The molecule has 8 nitrogen and oxygen atoms in total. The number of fused-ring (bicyclic) bond motifs is 1. The van der Waals surface area contributed by atoms with E-state index < -0.39 is 11.9 Å². The van der Waals surface area contributed by atoms with E-state index in [1.807, 2.05) is 0 Å². The van der Waals surface area contributed by atoms with Gasteiger partial charge in [0.25, 0.3) is 5.91 Å². The SMILES string of the molecule is O=C(c1cc(=O)c2ccccc2o1)N1CC(N2C(=O)CNC2=O)C1. The number of carbonyl (C=O) groups excluding carboxylic acids is 3. The van der Waals surface area contributed by atoms with Gasteiger partial charge in [-0.05, 0) is 12.1 Å². The van der Waals surface area contributed by atoms with Crippen molar-refractivity contribution in [3.8, 4) is 0 Å². The van der Waals surface area contributed by atoms with Gasteiger partial charge in [0.15, 0.2) is 11.2 Å². The predicted octanol–water partition coefficient (Wildman–Crippen LogP) is 0.169. The fourth-order valence-corrected chi connectivity index (χ4v) is 2.95. The number of likely N-dealkylation sites (tertiary alicyclic amines) is 1. The average Bonchev–Trinajstić information content (AvgIpc) is 2.85. The summed E-state index contributed by atoms with van der Waals surface area (Å²) in [4.78, 5) is 50.3. The van der Waals surface area contributed by atoms with E-state index >= 15 is 0 Å². The molecule has 0 saturated carbocycles. The minimum atomic E-state index is -0.436. The minimum Gasteiger partial charge on any atom is -0.451 e. The average molecular weight is 327 g/mol. The Kier molecular flexibility index (Phi) is 3.12. The highest BCUT2D eigenvalue weighted by molar-refractivity contribution is 6.03. The molecule has 2 fully saturated rings. The van der Waals surface area contributed by atoms with E-state index in [2.05, 4.69) is 5.32 Å². The van der Waals surface area contributed by atoms with E-state index in [9.17, 15) is 19.2 Å². The standard InChI is InChI=1S/C16H13N3O5/c20-11-5-13(24-12-4-2-1-3-10(11)12)15(22)18-7-9(8-18)19-14(21)6-17-16(19)23/h1-5,9H,6-8H2,(H,17,23). The maximum absolute atomic E-state index is 12.4. The van der Waals surface area contributed by atoms with E-state index in [-0.39, 0.29) is 42.8 Å². The van der Waals surface area contributed by atoms with Crippen molar-refractivity contribution in [3.63, 3.8) is 0 Å². The van der Waals surface area contributed by atoms with Crippen LogP contribution in [0.5, 0.6) is 0 Å². The summed E-state index contributed by atoms with van der Waals surface area (Å²) in [6, 6.07) is 7.10. The summed E-state index contributed by atoms with van der Waals surface area (Å²) in [5.74, 6) is -0.773. The monoisotopic (exact) mass is 327 g/mol. The summed E-state index contributed by atoms with van der Waals surface area (Å²) in [6.07, 6.45) is 0. The van der Waals surface area contributed by atoms with Gasteiger partial charge >= 0.3 is 6.03 Å². The normalized spacial score (nSPS) is 18.0. The summed E-state index contributed by atoms with van der Waals surface area (Å²) < 4.78 is 5.51. The van der Waals surface area contributed by atoms with Crippen molar-refractivity contribution in [2.24, 2.45) is 0 Å². The number of benzene rings is 1. The molecule has 1 aromatic heterocycles. The lowest BCUT2D eigenvalue weighted by Crippen LogP contribution is -2.62. The Morgan fingerprint density at radius 2 is 1.92 bits per heavy atom. The minimum absolute atomic E-state index is 0.0111. The Morgan fingerprint density at radius 3 is 2.62 bits per heavy atom. The van der Waals surface area contributed by atoms with Gasteiger partial charge in [-0.15, -0.1) is 0 Å². The van der Waals surface area contributed by atoms with Crippen LogP contribution >= 0.6 is 0 Å². The summed E-state index contributed by atoms with van der Waals surface area (Å²) in [5, 5.41) is 2.86. The molecule has 0 atom stereocenters. The summed E-state index contributed by atoms with van der Waals surface area (Å²) in [6.45, 7) is 0.450. The van der Waals surface area contributed by atoms with Crippen LogP contribution in [0.4, 0.5) is 4.79 Å². The van der Waals surface area contributed by atoms with Gasteiger partial charge in [-0.25, -0.2) is 4.79 Å². The van der Waals surface area contributed by atoms with E-state index in [0.29, 0.717) is 11.0 Å². The smallest absolute Gasteiger partial charge is 0.324 e. The maximum Gasteiger partial charge on any atom is 0.324 e. The molecule has 3 heterocycles. The summed E-state index contributed by atoms with van der Waals surface area (Å²) in [7, 11) is 0. The number of imide groups is 1. The number of amides is 4. The first-order valence-corrected chi connectivity index (χ1v) is 7.46. The molecule has 0 spiro atoms. The van der Waals surface area contributed by atoms with Crippen LogP contribution in [0.3, 0.4) is 0 Å². The quantitative estimate of drug-likeness (QED) is 0.793. The van der Waals surface area contributed by atoms with Crippen molar-refractivity contribution in [1.29, 1.82) is 0 Å². The Balaban J connectivity index is 1.53. The first kappa shape index (κ1) is 14.4. The van der Waals surface area contributed by atoms with Gasteiger partial charge in [0, 0.05) is 19.2 Å². The van der Waals surface area contributed by atoms with Gasteiger partial charge in [-0.1, -0.05) is 12.1 Å². The second kappa shape index (κ2) is 5.19. The fourth-order valence-electron chi connectivity index (χ4n) is 2.95. The first-order chi connectivity index (χ1) is 11.5. The lowest BCUT2D eigenvalue weighted by atomic mass is 10.1. The number of urea groups is 1. The zero-order chi connectivity index (χ0) is 16.8. The Labute approximate surface area is 135 Å². The van der Waals surface area contributed by atoms with Gasteiger partial charge in [0.1, 0.15) is 5.58 Å². The third kappa shape index (κ3) is 2.15. The summed E-state index contributed by atoms with van der Waals surface area (Å²) >= 11 is 0. The van der Waals surface area contributed by atoms with Crippen LogP contribution in [0.2, 0.25) is 0 Å². The molecule has 2 aliphatic heterocycles. The van der Waals surface area contributed by atoms with Crippen molar-refractivity contribution in [1.82, 2.24) is 15.1 Å². The molecule has 2 saturated heterocycles. The van der Waals surface area contributed by atoms with Crippen LogP contribution in [0.1, 0.15) is 10.6 Å². The number of rotatable bonds is 2. The van der Waals surface area contributed by atoms with Crippen molar-refractivity contribution in [2.75, 3.05) is 19.6 Å². The topological polar surface area (TPSA) is 99.9 Å². The molecule has 1 aromatic carbocycles. The highest BCUT2D eigenvalue weighted by atomic mass is 16.3. The number of nitrogens with zero attached hydrogens (tertiary/aromatic N) is 2. The second-order valence-corrected chi connectivity index (χ2v) is 5.76. The van der Waals surface area contributed by atoms with Crippen LogP contribution in [0.25, 0.3) is 11.0 Å². The van der Waals surface area contributed by atoms with Gasteiger partial charge in [0.05, 0.1) is 18.0 Å². The van der Waals surface area contributed by atoms with Gasteiger partial charge < -0.3 is 14.6 Å². The molecule has 0 unspecified atom stereocenters. The fraction of sp³-hybridized carbons (Fsp3) is 0.250. The molecule has 1 N–H and O–H groups in total. The Hall–Kier alpha value is -3.16. The van der Waals surface area contributed by atoms with Crippen molar-refractivity contribution < 1.29 is 18.8 Å². The number of nitrogens with one attached hydrogen (secondary N) is 1. The molecular formula is C16H13N3O5. The maximum atomic E-state index is 12.4. The number of carbonyl (C=O) groups is 3. The van der Waals surface area contributed by atoms with Crippen LogP contribution in [-0.2, 0) is 4.79 Å². The molecular weight excluding hydrogens is 314 g/mol. The van der Waals surface area contributed by atoms with Gasteiger partial charge in [-0.3, -0.25) is 19.3 Å². The molecule has 122 valence electrons. The molecule has 2 aromatic rings. The number of hydrogen-bond acceptors (Lipinski definition) is 5. The van der Waals surface area contributed by atoms with E-state index in [4.69, 9.17) is 4.42 Å². The van der Waals surface area contributed by atoms with Crippen LogP contribution < -0.4 is 10.7 Å². The highest BCUT2D eigenvalue weighted by Crippen LogP contribution is 2.21. The molecule has 4 amide bonds. The Morgan fingerprint density at radius 1 is 1.17 bits per heavy atom. The third-order valence-electron chi connectivity index (χ3n) is 4.24. The van der Waals surface area contributed by atoms with Crippen molar-refractivity contribution in [3.05, 3.63) is 46.3 Å². The molecule has 8 heteroatoms. The highest BCUT2D eigenvalue weighted by Gasteiger charge is 2.43. The molecule has 24 heavy (non-hydrogen) atoms. The van der Waals surface area contributed by atoms with Gasteiger partial charge in [-0.2, -0.15) is 0 Å². The third-order valence-corrected chi connectivity index (χ3v) is 4.24. The predicted molar refractivity (Wildman–Crippen MR) is 82.4 cm³/mol. The number of hydrogen-bond donors (Lipinski definition) is 1. The molecule has 4 rings (SSSR count). The van der Waals surface area contributed by atoms with E-state index in [1.54, 1.807) is 24.3 Å². The lowest BCUT2D eigenvalue weighted by Gasteiger charge is -2.42. The second-order valence-electron chi connectivity index (χ2n) is 5.76. The van der Waals surface area contributed by atoms with Crippen molar-refractivity contribution >= 4 is 28.8 Å².